The van der Waals surface area contributed by atoms with Crippen molar-refractivity contribution < 1.29 is 4.79 Å². The summed E-state index contributed by atoms with van der Waals surface area (Å²) in [5.74, 6) is 1.76. The van der Waals surface area contributed by atoms with E-state index in [1.807, 2.05) is 53.7 Å². The van der Waals surface area contributed by atoms with Gasteiger partial charge in [0.05, 0.1) is 21.6 Å². The minimum atomic E-state index is -0.149. The number of aromatic nitrogens is 4. The average Bonchev–Trinajstić information content (AvgIpc) is 3.46. The number of piperidine rings is 1. The van der Waals surface area contributed by atoms with Gasteiger partial charge in [-0.2, -0.15) is 0 Å². The second-order valence-electron chi connectivity index (χ2n) is 8.25. The maximum Gasteiger partial charge on any atom is 0.251 e. The molecule has 164 valence electrons. The van der Waals surface area contributed by atoms with Crippen LogP contribution in [0, 0.1) is 0 Å². The number of aromatic amines is 1. The van der Waals surface area contributed by atoms with E-state index in [-0.39, 0.29) is 17.4 Å². The molecule has 0 saturated carbocycles. The highest BCUT2D eigenvalue weighted by Crippen LogP contribution is 2.27. The third-order valence-corrected chi connectivity index (χ3v) is 7.03. The number of para-hydroxylation sites is 2. The zero-order valence-electron chi connectivity index (χ0n) is 18.0. The fraction of sp³-hybridized carbons (Fsp3) is 0.333. The molecule has 0 unspecified atom stereocenters. The van der Waals surface area contributed by atoms with E-state index < -0.39 is 0 Å². The normalized spacial score (nSPS) is 16.5. The second-order valence-corrected chi connectivity index (χ2v) is 9.20. The van der Waals surface area contributed by atoms with Crippen molar-refractivity contribution in [2.24, 2.45) is 7.05 Å². The number of rotatable bonds is 5. The second kappa shape index (κ2) is 8.70. The lowest BCUT2D eigenvalue weighted by Gasteiger charge is -2.32. The molecule has 8 heteroatoms. The number of hydrogen-bond donors (Lipinski definition) is 1. The standard InChI is InChI=1S/C24H25N5O2S/c1-28-19-8-3-2-7-17(19)25-21(28)10-11-23(31)29-12-4-6-16(15-29)24-26-18(14-22(30)27-24)20-9-5-13-32-20/h2-3,5,7-9,13-14,16H,4,6,10-12,15H2,1H3,(H,26,27,30)/t16-/m1/s1. The smallest absolute Gasteiger partial charge is 0.251 e. The highest BCUT2D eigenvalue weighted by Gasteiger charge is 2.27. The first kappa shape index (κ1) is 20.6. The van der Waals surface area contributed by atoms with Gasteiger partial charge in [-0.25, -0.2) is 9.97 Å². The van der Waals surface area contributed by atoms with Crippen LogP contribution >= 0.6 is 11.3 Å². The largest absolute Gasteiger partial charge is 0.342 e. The maximum absolute atomic E-state index is 13.0. The number of fused-ring (bicyclic) bond motifs is 1. The molecule has 0 bridgehead atoms. The number of nitrogens with one attached hydrogen (secondary N) is 1. The third kappa shape index (κ3) is 4.10. The van der Waals surface area contributed by atoms with Crippen molar-refractivity contribution in [2.45, 2.75) is 31.6 Å². The van der Waals surface area contributed by atoms with Crippen LogP contribution in [0.4, 0.5) is 0 Å². The molecule has 1 N–H and O–H groups in total. The first-order valence-corrected chi connectivity index (χ1v) is 11.8. The fourth-order valence-electron chi connectivity index (χ4n) is 4.44. The van der Waals surface area contributed by atoms with Crippen molar-refractivity contribution in [3.63, 3.8) is 0 Å². The van der Waals surface area contributed by atoms with Gasteiger partial charge in [0.1, 0.15) is 11.6 Å². The molecule has 1 fully saturated rings. The van der Waals surface area contributed by atoms with E-state index in [1.165, 1.54) is 6.07 Å². The molecule has 32 heavy (non-hydrogen) atoms. The predicted octanol–water partition coefficient (Wildman–Crippen LogP) is 3.72. The summed E-state index contributed by atoms with van der Waals surface area (Å²) >= 11 is 1.56. The lowest BCUT2D eigenvalue weighted by molar-refractivity contribution is -0.132. The molecule has 7 nitrogen and oxygen atoms in total. The van der Waals surface area contributed by atoms with Gasteiger partial charge in [-0.3, -0.25) is 9.59 Å². The van der Waals surface area contributed by atoms with Crippen LogP contribution in [0.25, 0.3) is 21.6 Å². The van der Waals surface area contributed by atoms with Crippen LogP contribution in [0.15, 0.2) is 52.6 Å². The summed E-state index contributed by atoms with van der Waals surface area (Å²) in [6, 6.07) is 13.5. The van der Waals surface area contributed by atoms with Crippen LogP contribution in [0.1, 0.15) is 36.8 Å². The number of carbonyl (C=O) groups excluding carboxylic acids is 1. The van der Waals surface area contributed by atoms with E-state index in [0.717, 1.165) is 41.1 Å². The number of hydrogen-bond acceptors (Lipinski definition) is 5. The summed E-state index contributed by atoms with van der Waals surface area (Å²) in [5, 5.41) is 1.98. The molecule has 5 rings (SSSR count). The van der Waals surface area contributed by atoms with Gasteiger partial charge in [-0.05, 0) is 36.4 Å². The Morgan fingerprint density at radius 3 is 2.91 bits per heavy atom. The molecule has 1 saturated heterocycles. The molecule has 1 amide bonds. The quantitative estimate of drug-likeness (QED) is 0.505. The van der Waals surface area contributed by atoms with E-state index in [1.54, 1.807) is 11.3 Å². The summed E-state index contributed by atoms with van der Waals surface area (Å²) in [4.78, 5) is 40.4. The number of carbonyl (C=O) groups is 1. The molecular weight excluding hydrogens is 422 g/mol. The SMILES string of the molecule is Cn1c(CCC(=O)N2CCC[C@@H](c3nc(-c4cccs4)cc(=O)[nH]3)C2)nc2ccccc21. The van der Waals surface area contributed by atoms with E-state index in [9.17, 15) is 9.59 Å². The summed E-state index contributed by atoms with van der Waals surface area (Å²) in [7, 11) is 1.99. The van der Waals surface area contributed by atoms with Gasteiger partial charge in [0.2, 0.25) is 5.91 Å². The van der Waals surface area contributed by atoms with E-state index in [2.05, 4.69) is 14.5 Å². The zero-order valence-corrected chi connectivity index (χ0v) is 18.8. The molecule has 0 spiro atoms. The zero-order chi connectivity index (χ0) is 22.1. The Hall–Kier alpha value is -3.26. The Labute approximate surface area is 189 Å². The summed E-state index contributed by atoms with van der Waals surface area (Å²) in [5.41, 5.74) is 2.58. The molecule has 1 aliphatic rings. The Kier molecular flexibility index (Phi) is 5.61. The third-order valence-electron chi connectivity index (χ3n) is 6.14. The molecule has 4 heterocycles. The van der Waals surface area contributed by atoms with Crippen molar-refractivity contribution in [3.8, 4) is 10.6 Å². The number of imidazole rings is 1. The number of thiophene rings is 1. The molecule has 3 aromatic heterocycles. The minimum Gasteiger partial charge on any atom is -0.342 e. The molecule has 0 radical (unpaired) electrons. The number of nitrogens with zero attached hydrogens (tertiary/aromatic N) is 4. The molecule has 1 aromatic carbocycles. The monoisotopic (exact) mass is 447 g/mol. The number of H-pyrrole nitrogens is 1. The van der Waals surface area contributed by atoms with Gasteiger partial charge in [-0.15, -0.1) is 11.3 Å². The lowest BCUT2D eigenvalue weighted by Crippen LogP contribution is -2.40. The lowest BCUT2D eigenvalue weighted by atomic mass is 9.96. The Morgan fingerprint density at radius 2 is 2.09 bits per heavy atom. The fourth-order valence-corrected chi connectivity index (χ4v) is 5.13. The molecular formula is C24H25N5O2S. The predicted molar refractivity (Wildman–Crippen MR) is 126 cm³/mol. The topological polar surface area (TPSA) is 83.9 Å². The Bertz CT molecular complexity index is 1310. The first-order valence-electron chi connectivity index (χ1n) is 10.9. The van der Waals surface area contributed by atoms with E-state index >= 15 is 0 Å². The number of likely N-dealkylation sites (tertiary alicyclic amines) is 1. The van der Waals surface area contributed by atoms with Crippen molar-refractivity contribution in [1.29, 1.82) is 0 Å². The highest BCUT2D eigenvalue weighted by molar-refractivity contribution is 7.13. The molecule has 1 aliphatic heterocycles. The van der Waals surface area contributed by atoms with Crippen LogP contribution in [0.3, 0.4) is 0 Å². The Balaban J connectivity index is 1.28. The van der Waals surface area contributed by atoms with Gasteiger partial charge >= 0.3 is 0 Å². The molecule has 0 aliphatic carbocycles. The molecule has 1 atom stereocenters. The van der Waals surface area contributed by atoms with Crippen LogP contribution in [0.2, 0.25) is 0 Å². The Morgan fingerprint density at radius 1 is 1.22 bits per heavy atom. The van der Waals surface area contributed by atoms with Crippen molar-refractivity contribution in [2.75, 3.05) is 13.1 Å². The van der Waals surface area contributed by atoms with Gasteiger partial charge in [0.15, 0.2) is 0 Å². The number of amides is 1. The minimum absolute atomic E-state index is 0.0380. The van der Waals surface area contributed by atoms with Crippen molar-refractivity contribution in [1.82, 2.24) is 24.4 Å². The first-order chi connectivity index (χ1) is 15.6. The highest BCUT2D eigenvalue weighted by atomic mass is 32.1. The number of aryl methyl sites for hydroxylation is 2. The summed E-state index contributed by atoms with van der Waals surface area (Å²) in [6.45, 7) is 1.32. The van der Waals surface area contributed by atoms with Gasteiger partial charge in [0.25, 0.3) is 5.56 Å². The summed E-state index contributed by atoms with van der Waals surface area (Å²) in [6.07, 6.45) is 2.83. The van der Waals surface area contributed by atoms with Gasteiger partial charge < -0.3 is 14.5 Å². The molecule has 4 aromatic rings. The number of benzene rings is 1. The maximum atomic E-state index is 13.0. The summed E-state index contributed by atoms with van der Waals surface area (Å²) < 4.78 is 2.06. The van der Waals surface area contributed by atoms with Crippen LogP contribution < -0.4 is 5.56 Å². The van der Waals surface area contributed by atoms with Crippen LogP contribution in [0.5, 0.6) is 0 Å². The van der Waals surface area contributed by atoms with E-state index in [4.69, 9.17) is 4.98 Å². The van der Waals surface area contributed by atoms with E-state index in [0.29, 0.717) is 30.9 Å². The van der Waals surface area contributed by atoms with Crippen molar-refractivity contribution in [3.05, 3.63) is 69.8 Å². The average molecular weight is 448 g/mol. The van der Waals surface area contributed by atoms with Crippen molar-refractivity contribution >= 4 is 28.3 Å². The van der Waals surface area contributed by atoms with Gasteiger partial charge in [-0.1, -0.05) is 18.2 Å². The van der Waals surface area contributed by atoms with Crippen LogP contribution in [-0.2, 0) is 18.3 Å². The van der Waals surface area contributed by atoms with Crippen LogP contribution in [-0.4, -0.2) is 43.4 Å². The van der Waals surface area contributed by atoms with Gasteiger partial charge in [0, 0.05) is 45.0 Å².